The van der Waals surface area contributed by atoms with Gasteiger partial charge in [0, 0.05) is 51.5 Å². The van der Waals surface area contributed by atoms with Gasteiger partial charge in [-0.2, -0.15) is 0 Å². The molecule has 0 atom stereocenters. The maximum Gasteiger partial charge on any atom is 0.272 e. The Morgan fingerprint density at radius 1 is 1.07 bits per heavy atom. The lowest BCUT2D eigenvalue weighted by Gasteiger charge is -2.40. The van der Waals surface area contributed by atoms with Crippen molar-refractivity contribution in [3.63, 3.8) is 0 Å². The summed E-state index contributed by atoms with van der Waals surface area (Å²) in [5.41, 5.74) is 1.98. The monoisotopic (exact) mass is 370 g/mol. The van der Waals surface area contributed by atoms with Crippen LogP contribution in [0.5, 0.6) is 0 Å². The fourth-order valence-electron chi connectivity index (χ4n) is 3.90. The van der Waals surface area contributed by atoms with Crippen LogP contribution < -0.4 is 5.56 Å². The van der Waals surface area contributed by atoms with E-state index in [9.17, 15) is 9.59 Å². The van der Waals surface area contributed by atoms with Gasteiger partial charge in [0.1, 0.15) is 5.69 Å². The Bertz CT molecular complexity index is 841. The van der Waals surface area contributed by atoms with E-state index in [2.05, 4.69) is 10.00 Å². The number of nitrogens with one attached hydrogen (secondary N) is 1. The number of amides is 1. The maximum atomic E-state index is 12.8. The van der Waals surface area contributed by atoms with Crippen molar-refractivity contribution in [1.82, 2.24) is 19.6 Å². The molecule has 2 aliphatic heterocycles. The number of benzene rings is 1. The molecule has 3 heterocycles. The number of aromatic amines is 1. The molecule has 2 aliphatic rings. The molecule has 1 aromatic heterocycles. The number of piperazine rings is 1. The fraction of sp³-hybridized carbons (Fsp3) is 0.500. The molecular weight excluding hydrogens is 344 g/mol. The summed E-state index contributed by atoms with van der Waals surface area (Å²) in [5.74, 6) is -0.107. The molecule has 7 heteroatoms. The third-order valence-electron chi connectivity index (χ3n) is 5.55. The summed E-state index contributed by atoms with van der Waals surface area (Å²) in [4.78, 5) is 29.4. The van der Waals surface area contributed by atoms with E-state index in [0.717, 1.165) is 50.4 Å². The molecule has 1 amide bonds. The quantitative estimate of drug-likeness (QED) is 0.887. The van der Waals surface area contributed by atoms with Gasteiger partial charge in [-0.05, 0) is 31.9 Å². The predicted octanol–water partition coefficient (Wildman–Crippen LogP) is 1.41. The van der Waals surface area contributed by atoms with Crippen molar-refractivity contribution in [2.24, 2.45) is 0 Å². The normalized spacial score (nSPS) is 19.4. The summed E-state index contributed by atoms with van der Waals surface area (Å²) in [6.07, 6.45) is 2.14. The summed E-state index contributed by atoms with van der Waals surface area (Å²) in [6.45, 7) is 6.78. The van der Waals surface area contributed by atoms with Crippen molar-refractivity contribution < 1.29 is 9.53 Å². The molecule has 0 radical (unpaired) electrons. The van der Waals surface area contributed by atoms with Crippen LogP contribution in [0.25, 0.3) is 5.69 Å². The van der Waals surface area contributed by atoms with Gasteiger partial charge in [-0.15, -0.1) is 0 Å². The molecule has 7 nitrogen and oxygen atoms in total. The van der Waals surface area contributed by atoms with Crippen molar-refractivity contribution >= 4 is 5.91 Å². The van der Waals surface area contributed by atoms with Crippen LogP contribution in [0.15, 0.2) is 35.1 Å². The average Bonchev–Trinajstić information content (AvgIpc) is 3.10. The largest absolute Gasteiger partial charge is 0.381 e. The minimum absolute atomic E-state index is 0.107. The Balaban J connectivity index is 1.42. The standard InChI is InChI=1S/C20H26N4O3/c1-15-2-4-17(5-3-15)24-19(25)14-18(21-24)20(26)23-10-8-22(9-11-23)16-6-12-27-13-7-16/h2-5,14,16,21H,6-13H2,1H3. The van der Waals surface area contributed by atoms with Crippen molar-refractivity contribution in [2.45, 2.75) is 25.8 Å². The molecule has 0 bridgehead atoms. The third kappa shape index (κ3) is 3.84. The molecular formula is C20H26N4O3. The van der Waals surface area contributed by atoms with Gasteiger partial charge in [0.25, 0.3) is 11.5 Å². The second-order valence-corrected chi connectivity index (χ2v) is 7.35. The average molecular weight is 370 g/mol. The lowest BCUT2D eigenvalue weighted by Crippen LogP contribution is -2.53. The zero-order valence-electron chi connectivity index (χ0n) is 15.7. The SMILES string of the molecule is Cc1ccc(-n2[nH]c(C(=O)N3CCN(C4CCOCC4)CC3)cc2=O)cc1. The van der Waals surface area contributed by atoms with Crippen LogP contribution in [0.2, 0.25) is 0 Å². The molecule has 2 saturated heterocycles. The molecule has 144 valence electrons. The van der Waals surface area contributed by atoms with E-state index >= 15 is 0 Å². The fourth-order valence-corrected chi connectivity index (χ4v) is 3.90. The van der Waals surface area contributed by atoms with E-state index in [4.69, 9.17) is 4.74 Å². The number of carbonyl (C=O) groups is 1. The Hall–Kier alpha value is -2.38. The van der Waals surface area contributed by atoms with Gasteiger partial charge in [-0.1, -0.05) is 17.7 Å². The number of rotatable bonds is 3. The summed E-state index contributed by atoms with van der Waals surface area (Å²) in [5, 5.41) is 2.97. The van der Waals surface area contributed by atoms with Crippen molar-refractivity contribution in [1.29, 1.82) is 0 Å². The first-order valence-corrected chi connectivity index (χ1v) is 9.62. The topological polar surface area (TPSA) is 70.6 Å². The molecule has 1 N–H and O–H groups in total. The molecule has 1 aromatic carbocycles. The smallest absolute Gasteiger partial charge is 0.272 e. The van der Waals surface area contributed by atoms with E-state index in [1.54, 1.807) is 0 Å². The molecule has 0 unspecified atom stereocenters. The van der Waals surface area contributed by atoms with Gasteiger partial charge in [0.15, 0.2) is 0 Å². The highest BCUT2D eigenvalue weighted by molar-refractivity contribution is 5.92. The maximum absolute atomic E-state index is 12.8. The van der Waals surface area contributed by atoms with Gasteiger partial charge in [-0.25, -0.2) is 4.68 Å². The number of carbonyl (C=O) groups excluding carboxylic acids is 1. The van der Waals surface area contributed by atoms with Crippen molar-refractivity contribution in [2.75, 3.05) is 39.4 Å². The molecule has 2 aromatic rings. The van der Waals surface area contributed by atoms with Crippen LogP contribution in [0.1, 0.15) is 28.9 Å². The number of nitrogens with zero attached hydrogens (tertiary/aromatic N) is 3. The molecule has 0 aliphatic carbocycles. The van der Waals surface area contributed by atoms with E-state index < -0.39 is 0 Å². The van der Waals surface area contributed by atoms with E-state index in [0.29, 0.717) is 24.8 Å². The molecule has 0 saturated carbocycles. The number of ether oxygens (including phenoxy) is 1. The van der Waals surface area contributed by atoms with Crippen LogP contribution in [0, 0.1) is 6.92 Å². The Morgan fingerprint density at radius 2 is 1.74 bits per heavy atom. The first-order chi connectivity index (χ1) is 13.1. The number of aryl methyl sites for hydroxylation is 1. The Morgan fingerprint density at radius 3 is 2.41 bits per heavy atom. The van der Waals surface area contributed by atoms with E-state index in [-0.39, 0.29) is 11.5 Å². The second kappa shape index (κ2) is 7.70. The van der Waals surface area contributed by atoms with Crippen LogP contribution in [-0.2, 0) is 4.74 Å². The molecule has 0 spiro atoms. The lowest BCUT2D eigenvalue weighted by atomic mass is 10.1. The molecule has 27 heavy (non-hydrogen) atoms. The first kappa shape index (κ1) is 18.0. The van der Waals surface area contributed by atoms with Crippen molar-refractivity contribution in [3.8, 4) is 5.69 Å². The highest BCUT2D eigenvalue weighted by Crippen LogP contribution is 2.17. The van der Waals surface area contributed by atoms with E-state index in [1.807, 2.05) is 36.1 Å². The third-order valence-corrected chi connectivity index (χ3v) is 5.55. The number of aromatic nitrogens is 2. The second-order valence-electron chi connectivity index (χ2n) is 7.35. The minimum atomic E-state index is -0.219. The van der Waals surface area contributed by atoms with Crippen LogP contribution in [0.3, 0.4) is 0 Å². The van der Waals surface area contributed by atoms with Gasteiger partial charge in [-0.3, -0.25) is 19.6 Å². The van der Waals surface area contributed by atoms with Gasteiger partial charge >= 0.3 is 0 Å². The van der Waals surface area contributed by atoms with Gasteiger partial charge in [0.05, 0.1) is 5.69 Å². The van der Waals surface area contributed by atoms with Crippen LogP contribution in [-0.4, -0.2) is 70.9 Å². The molecule has 2 fully saturated rings. The van der Waals surface area contributed by atoms with Gasteiger partial charge < -0.3 is 9.64 Å². The van der Waals surface area contributed by atoms with Crippen LogP contribution >= 0.6 is 0 Å². The minimum Gasteiger partial charge on any atom is -0.381 e. The predicted molar refractivity (Wildman–Crippen MR) is 102 cm³/mol. The number of hydrogen-bond donors (Lipinski definition) is 1. The summed E-state index contributed by atoms with van der Waals surface area (Å²) < 4.78 is 6.86. The number of H-pyrrole nitrogens is 1. The first-order valence-electron chi connectivity index (χ1n) is 9.62. The zero-order chi connectivity index (χ0) is 18.8. The summed E-state index contributed by atoms with van der Waals surface area (Å²) in [7, 11) is 0. The Kier molecular flexibility index (Phi) is 5.13. The zero-order valence-corrected chi connectivity index (χ0v) is 15.7. The molecule has 4 rings (SSSR count). The van der Waals surface area contributed by atoms with Crippen LogP contribution in [0.4, 0.5) is 0 Å². The highest BCUT2D eigenvalue weighted by Gasteiger charge is 2.28. The van der Waals surface area contributed by atoms with Crippen molar-refractivity contribution in [3.05, 3.63) is 51.9 Å². The Labute approximate surface area is 158 Å². The highest BCUT2D eigenvalue weighted by atomic mass is 16.5. The number of hydrogen-bond acceptors (Lipinski definition) is 4. The summed E-state index contributed by atoms with van der Waals surface area (Å²) >= 11 is 0. The van der Waals surface area contributed by atoms with E-state index in [1.165, 1.54) is 10.7 Å². The van der Waals surface area contributed by atoms with Gasteiger partial charge in [0.2, 0.25) is 0 Å². The lowest BCUT2D eigenvalue weighted by molar-refractivity contribution is 0.0136. The summed E-state index contributed by atoms with van der Waals surface area (Å²) in [6, 6.07) is 9.59.